The molecule has 2 rings (SSSR count). The van der Waals surface area contributed by atoms with Gasteiger partial charge >= 0.3 is 5.63 Å². The fourth-order valence-corrected chi connectivity index (χ4v) is 1.38. The van der Waals surface area contributed by atoms with Crippen molar-refractivity contribution < 1.29 is 9.21 Å². The molecule has 0 aromatic carbocycles. The zero-order valence-electron chi connectivity index (χ0n) is 8.68. The second-order valence-corrected chi connectivity index (χ2v) is 3.86. The van der Waals surface area contributed by atoms with E-state index >= 15 is 0 Å². The van der Waals surface area contributed by atoms with E-state index in [1.165, 1.54) is 6.07 Å². The van der Waals surface area contributed by atoms with Gasteiger partial charge in [-0.15, -0.1) is 0 Å². The summed E-state index contributed by atoms with van der Waals surface area (Å²) in [7, 11) is 0. The number of amides is 1. The molecule has 6 nitrogen and oxygen atoms in total. The lowest BCUT2D eigenvalue weighted by atomic mass is 10.3. The number of anilines is 1. The third-order valence-electron chi connectivity index (χ3n) is 1.94. The quantitative estimate of drug-likeness (QED) is 0.853. The summed E-state index contributed by atoms with van der Waals surface area (Å²) >= 11 is 11.5. The molecule has 0 unspecified atom stereocenters. The lowest BCUT2D eigenvalue weighted by Crippen LogP contribution is -2.14. The van der Waals surface area contributed by atoms with Crippen molar-refractivity contribution in [1.82, 2.24) is 9.97 Å². The number of carbonyl (C=O) groups is 1. The Morgan fingerprint density at radius 2 is 2.06 bits per heavy atom. The van der Waals surface area contributed by atoms with Gasteiger partial charge in [-0.1, -0.05) is 23.2 Å². The first kappa shape index (κ1) is 12.5. The third-order valence-corrected chi connectivity index (χ3v) is 2.68. The lowest BCUT2D eigenvalue weighted by Gasteiger charge is -2.05. The Morgan fingerprint density at radius 3 is 2.72 bits per heavy atom. The summed E-state index contributed by atoms with van der Waals surface area (Å²) in [6, 6.07) is 2.45. The molecule has 2 aromatic heterocycles. The number of rotatable bonds is 2. The van der Waals surface area contributed by atoms with Crippen molar-refractivity contribution >= 4 is 34.9 Å². The summed E-state index contributed by atoms with van der Waals surface area (Å²) < 4.78 is 4.56. The number of carbonyl (C=O) groups excluding carboxylic acids is 1. The molecule has 1 N–H and O–H groups in total. The van der Waals surface area contributed by atoms with E-state index in [0.717, 1.165) is 18.7 Å². The van der Waals surface area contributed by atoms with Gasteiger partial charge in [0.05, 0.1) is 5.56 Å². The number of nitrogens with one attached hydrogen (secondary N) is 1. The summed E-state index contributed by atoms with van der Waals surface area (Å²) in [4.78, 5) is 29.9. The van der Waals surface area contributed by atoms with E-state index in [1.54, 1.807) is 0 Å². The molecule has 92 valence electrons. The van der Waals surface area contributed by atoms with E-state index < -0.39 is 11.5 Å². The smallest absolute Gasteiger partial charge is 0.335 e. The van der Waals surface area contributed by atoms with Crippen LogP contribution in [0, 0.1) is 0 Å². The van der Waals surface area contributed by atoms with Crippen molar-refractivity contribution in [3.8, 4) is 0 Å². The van der Waals surface area contributed by atoms with E-state index in [2.05, 4.69) is 19.7 Å². The highest BCUT2D eigenvalue weighted by Crippen LogP contribution is 2.25. The molecule has 2 heterocycles. The van der Waals surface area contributed by atoms with Gasteiger partial charge in [-0.3, -0.25) is 4.79 Å². The molecule has 0 aliphatic heterocycles. The number of hydrogen-bond acceptors (Lipinski definition) is 5. The van der Waals surface area contributed by atoms with Gasteiger partial charge in [-0.25, -0.2) is 14.8 Å². The van der Waals surface area contributed by atoms with Gasteiger partial charge in [0.1, 0.15) is 17.6 Å². The first-order valence-electron chi connectivity index (χ1n) is 4.64. The Labute approximate surface area is 111 Å². The van der Waals surface area contributed by atoms with Gasteiger partial charge in [-0.05, 0) is 6.07 Å². The molecule has 0 bridgehead atoms. The Morgan fingerprint density at radius 1 is 1.28 bits per heavy atom. The van der Waals surface area contributed by atoms with Crippen LogP contribution in [0.2, 0.25) is 10.2 Å². The molecule has 0 aliphatic rings. The minimum atomic E-state index is -0.547. The monoisotopic (exact) mass is 285 g/mol. The minimum absolute atomic E-state index is 0.0292. The number of nitrogens with zero attached hydrogens (tertiary/aromatic N) is 2. The molecular weight excluding hydrogens is 281 g/mol. The summed E-state index contributed by atoms with van der Waals surface area (Å²) in [5, 5.41) is 2.48. The van der Waals surface area contributed by atoms with Gasteiger partial charge in [0.25, 0.3) is 5.91 Å². The first-order valence-corrected chi connectivity index (χ1v) is 5.39. The van der Waals surface area contributed by atoms with E-state index in [4.69, 9.17) is 23.2 Å². The van der Waals surface area contributed by atoms with Crippen molar-refractivity contribution in [3.05, 3.63) is 50.9 Å². The van der Waals surface area contributed by atoms with Gasteiger partial charge in [0.15, 0.2) is 11.0 Å². The largest absolute Gasteiger partial charge is 0.430 e. The molecule has 0 fully saturated rings. The van der Waals surface area contributed by atoms with Gasteiger partial charge < -0.3 is 9.73 Å². The molecule has 8 heteroatoms. The Bertz CT molecular complexity index is 637. The second kappa shape index (κ2) is 5.16. The fraction of sp³-hybridized carbons (Fsp3) is 0. The number of halogens is 2. The van der Waals surface area contributed by atoms with Crippen LogP contribution in [0.15, 0.2) is 33.9 Å². The van der Waals surface area contributed by atoms with Crippen LogP contribution in [0.1, 0.15) is 10.4 Å². The molecule has 0 aliphatic carbocycles. The van der Waals surface area contributed by atoms with Gasteiger partial charge in [0.2, 0.25) is 0 Å². The highest BCUT2D eigenvalue weighted by atomic mass is 35.5. The number of hydrogen-bond donors (Lipinski definition) is 1. The molecule has 0 saturated carbocycles. The molecule has 1 amide bonds. The predicted molar refractivity (Wildman–Crippen MR) is 65.0 cm³/mol. The average molecular weight is 286 g/mol. The molecular formula is C10H5Cl2N3O3. The Balaban J connectivity index is 2.24. The molecule has 0 saturated heterocycles. The van der Waals surface area contributed by atoms with Crippen LogP contribution < -0.4 is 10.9 Å². The SMILES string of the molecule is O=C(Nc1ncnc(Cl)c1Cl)c1ccc(=O)oc1. The first-order chi connectivity index (χ1) is 8.58. The van der Waals surface area contributed by atoms with E-state index in [9.17, 15) is 9.59 Å². The maximum atomic E-state index is 11.8. The van der Waals surface area contributed by atoms with Crippen LogP contribution in [0.4, 0.5) is 5.82 Å². The molecule has 2 aromatic rings. The summed E-state index contributed by atoms with van der Waals surface area (Å²) in [5.41, 5.74) is -0.393. The normalized spacial score (nSPS) is 10.1. The maximum absolute atomic E-state index is 11.8. The molecule has 0 spiro atoms. The van der Waals surface area contributed by atoms with Crippen LogP contribution >= 0.6 is 23.2 Å². The van der Waals surface area contributed by atoms with Crippen LogP contribution in [0.3, 0.4) is 0 Å². The highest BCUT2D eigenvalue weighted by molar-refractivity contribution is 6.43. The lowest BCUT2D eigenvalue weighted by molar-refractivity contribution is 0.102. The van der Waals surface area contributed by atoms with E-state index in [-0.39, 0.29) is 21.6 Å². The van der Waals surface area contributed by atoms with Crippen LogP contribution in [-0.4, -0.2) is 15.9 Å². The van der Waals surface area contributed by atoms with Crippen LogP contribution in [0.5, 0.6) is 0 Å². The van der Waals surface area contributed by atoms with E-state index in [1.807, 2.05) is 0 Å². The second-order valence-electron chi connectivity index (χ2n) is 3.12. The minimum Gasteiger partial charge on any atom is -0.430 e. The predicted octanol–water partition coefficient (Wildman–Crippen LogP) is 1.99. The van der Waals surface area contributed by atoms with Crippen LogP contribution in [0.25, 0.3) is 0 Å². The Hall–Kier alpha value is -1.92. The van der Waals surface area contributed by atoms with Crippen molar-refractivity contribution in [2.45, 2.75) is 0 Å². The van der Waals surface area contributed by atoms with Crippen molar-refractivity contribution in [2.75, 3.05) is 5.32 Å². The van der Waals surface area contributed by atoms with Gasteiger partial charge in [-0.2, -0.15) is 0 Å². The molecule has 0 radical (unpaired) electrons. The van der Waals surface area contributed by atoms with Crippen molar-refractivity contribution in [3.63, 3.8) is 0 Å². The molecule has 0 atom stereocenters. The van der Waals surface area contributed by atoms with Crippen LogP contribution in [-0.2, 0) is 0 Å². The van der Waals surface area contributed by atoms with Gasteiger partial charge in [0, 0.05) is 6.07 Å². The zero-order valence-corrected chi connectivity index (χ0v) is 10.2. The summed E-state index contributed by atoms with van der Waals surface area (Å²) in [6.45, 7) is 0. The average Bonchev–Trinajstić information content (AvgIpc) is 2.36. The Kier molecular flexibility index (Phi) is 3.59. The maximum Gasteiger partial charge on any atom is 0.335 e. The van der Waals surface area contributed by atoms with Crippen molar-refractivity contribution in [2.24, 2.45) is 0 Å². The molecule has 18 heavy (non-hydrogen) atoms. The third kappa shape index (κ3) is 2.66. The topological polar surface area (TPSA) is 85.1 Å². The van der Waals surface area contributed by atoms with E-state index in [0.29, 0.717) is 0 Å². The number of aromatic nitrogens is 2. The fourth-order valence-electron chi connectivity index (χ4n) is 1.10. The zero-order chi connectivity index (χ0) is 13.1. The summed E-state index contributed by atoms with van der Waals surface area (Å²) in [5.74, 6) is -0.455. The standard InChI is InChI=1S/C10H5Cl2N3O3/c11-7-8(12)13-4-14-9(7)15-10(17)5-1-2-6(16)18-3-5/h1-4H,(H,13,14,15,17). The summed E-state index contributed by atoms with van der Waals surface area (Å²) in [6.07, 6.45) is 2.20. The van der Waals surface area contributed by atoms with Crippen molar-refractivity contribution in [1.29, 1.82) is 0 Å². The highest BCUT2D eigenvalue weighted by Gasteiger charge is 2.12.